The molecule has 6 nitrogen and oxygen atoms in total. The molecule has 1 fully saturated rings. The highest BCUT2D eigenvalue weighted by molar-refractivity contribution is 5.83. The van der Waals surface area contributed by atoms with E-state index in [1.807, 2.05) is 0 Å². The zero-order valence-electron chi connectivity index (χ0n) is 7.82. The summed E-state index contributed by atoms with van der Waals surface area (Å²) in [7, 11) is 0. The van der Waals surface area contributed by atoms with Crippen molar-refractivity contribution in [2.24, 2.45) is 5.73 Å². The fraction of sp³-hybridized carbons (Fsp3) is 0.750. The van der Waals surface area contributed by atoms with E-state index in [2.05, 4.69) is 10.6 Å². The van der Waals surface area contributed by atoms with Crippen molar-refractivity contribution in [3.05, 3.63) is 0 Å². The minimum atomic E-state index is -1.31. The molecule has 0 aromatic carbocycles. The Morgan fingerprint density at radius 1 is 1.64 bits per heavy atom. The van der Waals surface area contributed by atoms with E-state index in [0.29, 0.717) is 0 Å². The monoisotopic (exact) mass is 201 g/mol. The summed E-state index contributed by atoms with van der Waals surface area (Å²) in [6.07, 6.45) is 0.454. The minimum Gasteiger partial charge on any atom is -0.381 e. The van der Waals surface area contributed by atoms with Crippen LogP contribution in [0.25, 0.3) is 0 Å². The summed E-state index contributed by atoms with van der Waals surface area (Å²) in [4.78, 5) is 21.8. The first-order chi connectivity index (χ1) is 6.61. The van der Waals surface area contributed by atoms with Crippen LogP contribution in [0.1, 0.15) is 12.8 Å². The zero-order chi connectivity index (χ0) is 10.6. The van der Waals surface area contributed by atoms with Crippen molar-refractivity contribution in [1.82, 2.24) is 10.6 Å². The van der Waals surface area contributed by atoms with Gasteiger partial charge in [-0.15, -0.1) is 0 Å². The van der Waals surface area contributed by atoms with E-state index < -0.39 is 12.0 Å². The number of amides is 2. The molecule has 0 aliphatic carbocycles. The lowest BCUT2D eigenvalue weighted by Gasteiger charge is -2.12. The van der Waals surface area contributed by atoms with Crippen LogP contribution in [-0.4, -0.2) is 42.2 Å². The molecule has 0 saturated carbocycles. The number of aliphatic hydroxyl groups is 1. The van der Waals surface area contributed by atoms with Gasteiger partial charge in [-0.1, -0.05) is 0 Å². The molecule has 0 bridgehead atoms. The van der Waals surface area contributed by atoms with Crippen LogP contribution in [0.4, 0.5) is 0 Å². The van der Waals surface area contributed by atoms with Gasteiger partial charge in [0.2, 0.25) is 11.8 Å². The van der Waals surface area contributed by atoms with Gasteiger partial charge in [-0.2, -0.15) is 0 Å². The summed E-state index contributed by atoms with van der Waals surface area (Å²) < 4.78 is 0. The Morgan fingerprint density at radius 2 is 2.36 bits per heavy atom. The van der Waals surface area contributed by atoms with Crippen molar-refractivity contribution in [3.63, 3.8) is 0 Å². The van der Waals surface area contributed by atoms with Crippen molar-refractivity contribution in [2.75, 3.05) is 13.1 Å². The van der Waals surface area contributed by atoms with Gasteiger partial charge in [0.1, 0.15) is 6.10 Å². The molecule has 1 aliphatic heterocycles. The quantitative estimate of drug-likeness (QED) is 0.410. The number of carbonyl (C=O) groups excluding carboxylic acids is 2. The summed E-state index contributed by atoms with van der Waals surface area (Å²) in [5.74, 6) is -1.02. The van der Waals surface area contributed by atoms with Crippen molar-refractivity contribution < 1.29 is 14.7 Å². The van der Waals surface area contributed by atoms with E-state index in [-0.39, 0.29) is 18.5 Å². The Morgan fingerprint density at radius 3 is 2.86 bits per heavy atom. The third-order valence-electron chi connectivity index (χ3n) is 2.17. The van der Waals surface area contributed by atoms with E-state index in [9.17, 15) is 9.59 Å². The van der Waals surface area contributed by atoms with E-state index in [0.717, 1.165) is 19.4 Å². The van der Waals surface area contributed by atoms with Crippen LogP contribution in [0.2, 0.25) is 0 Å². The Kier molecular flexibility index (Phi) is 3.84. The van der Waals surface area contributed by atoms with Crippen LogP contribution in [0, 0.1) is 0 Å². The summed E-state index contributed by atoms with van der Waals surface area (Å²) in [5.41, 5.74) is 4.82. The average molecular weight is 201 g/mol. The number of primary amides is 1. The number of carbonyl (C=O) groups is 2. The van der Waals surface area contributed by atoms with Crippen LogP contribution in [0.3, 0.4) is 0 Å². The minimum absolute atomic E-state index is 0.119. The number of nitrogens with one attached hydrogen (secondary N) is 2. The standard InChI is InChI=1S/C8H15N3O3/c9-7(13)6(12)4-11-8(14)5-2-1-3-10-5/h5-6,10,12H,1-4H2,(H2,9,13)(H,11,14)/t5-,6?/m1/s1. The van der Waals surface area contributed by atoms with Gasteiger partial charge in [-0.05, 0) is 19.4 Å². The molecule has 14 heavy (non-hydrogen) atoms. The van der Waals surface area contributed by atoms with Crippen LogP contribution in [0.15, 0.2) is 0 Å². The predicted molar refractivity (Wildman–Crippen MR) is 49.2 cm³/mol. The first-order valence-electron chi connectivity index (χ1n) is 4.59. The van der Waals surface area contributed by atoms with Gasteiger partial charge < -0.3 is 21.5 Å². The molecule has 1 heterocycles. The summed E-state index contributed by atoms with van der Waals surface area (Å²) in [6.45, 7) is 0.711. The molecule has 0 aromatic rings. The normalized spacial score (nSPS) is 23.1. The van der Waals surface area contributed by atoms with Crippen LogP contribution in [-0.2, 0) is 9.59 Å². The smallest absolute Gasteiger partial charge is 0.248 e. The number of aliphatic hydroxyl groups excluding tert-OH is 1. The molecule has 0 spiro atoms. The van der Waals surface area contributed by atoms with E-state index in [1.54, 1.807) is 0 Å². The van der Waals surface area contributed by atoms with Gasteiger partial charge in [-0.3, -0.25) is 9.59 Å². The summed E-state index contributed by atoms with van der Waals surface area (Å²) >= 11 is 0. The van der Waals surface area contributed by atoms with Gasteiger partial charge in [0, 0.05) is 0 Å². The maximum Gasteiger partial charge on any atom is 0.248 e. The first kappa shape index (κ1) is 10.9. The summed E-state index contributed by atoms with van der Waals surface area (Å²) in [6, 6.07) is -0.199. The summed E-state index contributed by atoms with van der Waals surface area (Å²) in [5, 5.41) is 14.5. The van der Waals surface area contributed by atoms with Crippen molar-refractivity contribution in [1.29, 1.82) is 0 Å². The molecule has 1 aliphatic rings. The van der Waals surface area contributed by atoms with Crippen molar-refractivity contribution >= 4 is 11.8 Å². The highest BCUT2D eigenvalue weighted by atomic mass is 16.3. The molecule has 0 aromatic heterocycles. The first-order valence-corrected chi connectivity index (χ1v) is 4.59. The van der Waals surface area contributed by atoms with Crippen molar-refractivity contribution in [3.8, 4) is 0 Å². The molecule has 2 atom stereocenters. The van der Waals surface area contributed by atoms with Crippen molar-refractivity contribution in [2.45, 2.75) is 25.0 Å². The topological polar surface area (TPSA) is 104 Å². The van der Waals surface area contributed by atoms with Crippen LogP contribution in [0.5, 0.6) is 0 Å². The van der Waals surface area contributed by atoms with E-state index >= 15 is 0 Å². The lowest BCUT2D eigenvalue weighted by atomic mass is 10.2. The molecular weight excluding hydrogens is 186 g/mol. The number of rotatable bonds is 4. The largest absolute Gasteiger partial charge is 0.381 e. The lowest BCUT2D eigenvalue weighted by molar-refractivity contribution is -0.127. The average Bonchev–Trinajstić information content (AvgIpc) is 2.66. The second-order valence-corrected chi connectivity index (χ2v) is 3.31. The van der Waals surface area contributed by atoms with Gasteiger partial charge >= 0.3 is 0 Å². The van der Waals surface area contributed by atoms with Crippen LogP contribution >= 0.6 is 0 Å². The van der Waals surface area contributed by atoms with Gasteiger partial charge in [0.25, 0.3) is 0 Å². The van der Waals surface area contributed by atoms with Gasteiger partial charge in [0.15, 0.2) is 0 Å². The molecule has 80 valence electrons. The molecule has 0 radical (unpaired) electrons. The Balaban J connectivity index is 2.23. The predicted octanol–water partition coefficient (Wildman–Crippen LogP) is -2.30. The molecule has 1 saturated heterocycles. The highest BCUT2D eigenvalue weighted by Gasteiger charge is 2.22. The molecule has 1 rings (SSSR count). The molecular formula is C8H15N3O3. The van der Waals surface area contributed by atoms with E-state index in [1.165, 1.54) is 0 Å². The SMILES string of the molecule is NC(=O)C(O)CNC(=O)[C@H]1CCCN1. The molecule has 6 heteroatoms. The second kappa shape index (κ2) is 4.92. The fourth-order valence-electron chi connectivity index (χ4n) is 1.33. The van der Waals surface area contributed by atoms with Gasteiger partial charge in [0.05, 0.1) is 12.6 Å². The molecule has 2 amide bonds. The van der Waals surface area contributed by atoms with E-state index in [4.69, 9.17) is 10.8 Å². The maximum absolute atomic E-state index is 11.3. The second-order valence-electron chi connectivity index (χ2n) is 3.31. The Bertz CT molecular complexity index is 226. The third-order valence-corrected chi connectivity index (χ3v) is 2.17. The number of hydrogen-bond acceptors (Lipinski definition) is 4. The Labute approximate surface area is 81.8 Å². The Hall–Kier alpha value is -1.14. The highest BCUT2D eigenvalue weighted by Crippen LogP contribution is 2.04. The van der Waals surface area contributed by atoms with Gasteiger partial charge in [-0.25, -0.2) is 0 Å². The zero-order valence-corrected chi connectivity index (χ0v) is 7.82. The maximum atomic E-state index is 11.3. The number of hydrogen-bond donors (Lipinski definition) is 4. The molecule has 5 N–H and O–H groups in total. The number of nitrogens with two attached hydrogens (primary N) is 1. The fourth-order valence-corrected chi connectivity index (χ4v) is 1.33. The third kappa shape index (κ3) is 2.97. The lowest BCUT2D eigenvalue weighted by Crippen LogP contribution is -2.46. The molecule has 1 unspecified atom stereocenters. The van der Waals surface area contributed by atoms with Crippen LogP contribution < -0.4 is 16.4 Å².